The van der Waals surface area contributed by atoms with Crippen molar-refractivity contribution >= 4 is 29.4 Å². The summed E-state index contributed by atoms with van der Waals surface area (Å²) in [6.07, 6.45) is 3.72. The molecule has 25 heavy (non-hydrogen) atoms. The largest absolute Gasteiger partial charge is 0.355 e. The van der Waals surface area contributed by atoms with Gasteiger partial charge in [0.15, 0.2) is 5.16 Å². The third-order valence-electron chi connectivity index (χ3n) is 3.54. The number of carbonyl (C=O) groups excluding carboxylic acids is 1. The third kappa shape index (κ3) is 6.74. The number of hydrogen-bond donors (Lipinski definition) is 1. The standard InChI is InChI=1S/C18H26N4OS2/c1-14(2)12-22-16(20-21-18(22)24-3)10-7-11-19-17(23)13-25-15-8-5-4-6-9-15/h4-6,8-9,14H,7,10-13H2,1-3H3,(H,19,23). The van der Waals surface area contributed by atoms with Crippen molar-refractivity contribution in [3.8, 4) is 0 Å². The van der Waals surface area contributed by atoms with E-state index in [2.05, 4.69) is 33.9 Å². The van der Waals surface area contributed by atoms with Crippen LogP contribution in [-0.2, 0) is 17.8 Å². The number of thioether (sulfide) groups is 2. The number of rotatable bonds is 10. The monoisotopic (exact) mass is 378 g/mol. The van der Waals surface area contributed by atoms with Crippen LogP contribution in [0.4, 0.5) is 0 Å². The first-order valence-corrected chi connectivity index (χ1v) is 10.7. The summed E-state index contributed by atoms with van der Waals surface area (Å²) < 4.78 is 2.20. The van der Waals surface area contributed by atoms with Gasteiger partial charge in [0.25, 0.3) is 0 Å². The van der Waals surface area contributed by atoms with Gasteiger partial charge < -0.3 is 9.88 Å². The lowest BCUT2D eigenvalue weighted by Crippen LogP contribution is -2.26. The Balaban J connectivity index is 1.72. The molecule has 0 fully saturated rings. The highest BCUT2D eigenvalue weighted by Gasteiger charge is 2.12. The summed E-state index contributed by atoms with van der Waals surface area (Å²) in [4.78, 5) is 13.0. The Labute approximate surface area is 158 Å². The fourth-order valence-electron chi connectivity index (χ4n) is 2.39. The van der Waals surface area contributed by atoms with E-state index < -0.39 is 0 Å². The molecule has 0 aliphatic rings. The minimum absolute atomic E-state index is 0.0716. The molecule has 0 atom stereocenters. The maximum Gasteiger partial charge on any atom is 0.230 e. The second-order valence-electron chi connectivity index (χ2n) is 6.16. The van der Waals surface area contributed by atoms with Gasteiger partial charge in [-0.05, 0) is 30.7 Å². The highest BCUT2D eigenvalue weighted by molar-refractivity contribution is 8.00. The number of amides is 1. The molecule has 136 valence electrons. The first kappa shape index (κ1) is 19.8. The van der Waals surface area contributed by atoms with Gasteiger partial charge in [0, 0.05) is 24.4 Å². The number of carbonyl (C=O) groups is 1. The van der Waals surface area contributed by atoms with E-state index in [1.807, 2.05) is 36.6 Å². The SMILES string of the molecule is CSc1nnc(CCCNC(=O)CSc2ccccc2)n1CC(C)C. The molecule has 0 bridgehead atoms. The zero-order chi connectivity index (χ0) is 18.1. The molecule has 0 aliphatic carbocycles. The first-order chi connectivity index (χ1) is 12.1. The molecule has 1 heterocycles. The number of nitrogens with zero attached hydrogens (tertiary/aromatic N) is 3. The van der Waals surface area contributed by atoms with Gasteiger partial charge in [-0.3, -0.25) is 4.79 Å². The highest BCUT2D eigenvalue weighted by Crippen LogP contribution is 2.17. The van der Waals surface area contributed by atoms with Crippen molar-refractivity contribution in [1.29, 1.82) is 0 Å². The van der Waals surface area contributed by atoms with Crippen LogP contribution < -0.4 is 5.32 Å². The lowest BCUT2D eigenvalue weighted by Gasteiger charge is -2.11. The molecule has 7 heteroatoms. The Morgan fingerprint density at radius 3 is 2.68 bits per heavy atom. The van der Waals surface area contributed by atoms with Crippen LogP contribution in [0.1, 0.15) is 26.1 Å². The molecule has 1 aromatic carbocycles. The number of hydrogen-bond acceptors (Lipinski definition) is 5. The average Bonchev–Trinajstić information content (AvgIpc) is 2.99. The highest BCUT2D eigenvalue weighted by atomic mass is 32.2. The first-order valence-electron chi connectivity index (χ1n) is 8.50. The molecule has 1 amide bonds. The molecule has 0 radical (unpaired) electrons. The van der Waals surface area contributed by atoms with Crippen LogP contribution in [0.25, 0.3) is 0 Å². The van der Waals surface area contributed by atoms with E-state index in [1.165, 1.54) is 0 Å². The Morgan fingerprint density at radius 2 is 2.00 bits per heavy atom. The van der Waals surface area contributed by atoms with Gasteiger partial charge in [0.1, 0.15) is 5.82 Å². The lowest BCUT2D eigenvalue weighted by atomic mass is 10.2. The van der Waals surface area contributed by atoms with Gasteiger partial charge in [-0.25, -0.2) is 0 Å². The fourth-order valence-corrected chi connectivity index (χ4v) is 3.67. The van der Waals surface area contributed by atoms with Crippen molar-refractivity contribution in [1.82, 2.24) is 20.1 Å². The smallest absolute Gasteiger partial charge is 0.230 e. The zero-order valence-corrected chi connectivity index (χ0v) is 16.7. The predicted octanol–water partition coefficient (Wildman–Crippen LogP) is 3.50. The van der Waals surface area contributed by atoms with Crippen molar-refractivity contribution in [2.45, 2.75) is 43.3 Å². The number of aryl methyl sites for hydroxylation is 1. The quantitative estimate of drug-likeness (QED) is 0.506. The van der Waals surface area contributed by atoms with Crippen LogP contribution in [0.2, 0.25) is 0 Å². The van der Waals surface area contributed by atoms with Crippen LogP contribution >= 0.6 is 23.5 Å². The summed E-state index contributed by atoms with van der Waals surface area (Å²) in [6, 6.07) is 9.98. The summed E-state index contributed by atoms with van der Waals surface area (Å²) >= 11 is 3.18. The lowest BCUT2D eigenvalue weighted by molar-refractivity contribution is -0.118. The van der Waals surface area contributed by atoms with Gasteiger partial charge in [0.2, 0.25) is 5.91 Å². The van der Waals surface area contributed by atoms with Crippen molar-refractivity contribution in [2.75, 3.05) is 18.6 Å². The summed E-state index contributed by atoms with van der Waals surface area (Å²) in [5.74, 6) is 2.08. The van der Waals surface area contributed by atoms with Crippen LogP contribution in [0.15, 0.2) is 40.4 Å². The van der Waals surface area contributed by atoms with E-state index in [4.69, 9.17) is 0 Å². The molecular formula is C18H26N4OS2. The fraction of sp³-hybridized carbons (Fsp3) is 0.500. The third-order valence-corrected chi connectivity index (χ3v) is 5.22. The summed E-state index contributed by atoms with van der Waals surface area (Å²) in [5.41, 5.74) is 0. The van der Waals surface area contributed by atoms with E-state index in [9.17, 15) is 4.79 Å². The number of aromatic nitrogens is 3. The summed E-state index contributed by atoms with van der Waals surface area (Å²) in [5, 5.41) is 12.5. The van der Waals surface area contributed by atoms with Crippen molar-refractivity contribution in [3.63, 3.8) is 0 Å². The minimum atomic E-state index is 0.0716. The molecule has 0 spiro atoms. The Morgan fingerprint density at radius 1 is 1.24 bits per heavy atom. The molecule has 0 saturated heterocycles. The van der Waals surface area contributed by atoms with Gasteiger partial charge >= 0.3 is 0 Å². The van der Waals surface area contributed by atoms with Crippen molar-refractivity contribution in [2.24, 2.45) is 5.92 Å². The molecule has 1 N–H and O–H groups in total. The number of benzene rings is 1. The molecule has 2 aromatic rings. The molecule has 5 nitrogen and oxygen atoms in total. The predicted molar refractivity (Wildman–Crippen MR) is 105 cm³/mol. The molecular weight excluding hydrogens is 352 g/mol. The average molecular weight is 379 g/mol. The normalized spacial score (nSPS) is 11.0. The van der Waals surface area contributed by atoms with E-state index in [1.54, 1.807) is 23.5 Å². The molecule has 0 unspecified atom stereocenters. The Hall–Kier alpha value is -1.47. The minimum Gasteiger partial charge on any atom is -0.355 e. The molecule has 1 aromatic heterocycles. The Kier molecular flexibility index (Phi) is 8.34. The summed E-state index contributed by atoms with van der Waals surface area (Å²) in [6.45, 7) is 5.98. The van der Waals surface area contributed by atoms with E-state index in [0.717, 1.165) is 35.3 Å². The molecule has 2 rings (SSSR count). The van der Waals surface area contributed by atoms with Crippen LogP contribution in [0.3, 0.4) is 0 Å². The zero-order valence-electron chi connectivity index (χ0n) is 15.1. The topological polar surface area (TPSA) is 59.8 Å². The van der Waals surface area contributed by atoms with Crippen LogP contribution in [-0.4, -0.2) is 39.2 Å². The van der Waals surface area contributed by atoms with Crippen LogP contribution in [0.5, 0.6) is 0 Å². The molecule has 0 saturated carbocycles. The maximum absolute atomic E-state index is 11.9. The van der Waals surface area contributed by atoms with Gasteiger partial charge in [0.05, 0.1) is 5.75 Å². The van der Waals surface area contributed by atoms with E-state index in [-0.39, 0.29) is 5.91 Å². The van der Waals surface area contributed by atoms with E-state index >= 15 is 0 Å². The van der Waals surface area contributed by atoms with Crippen molar-refractivity contribution in [3.05, 3.63) is 36.2 Å². The summed E-state index contributed by atoms with van der Waals surface area (Å²) in [7, 11) is 0. The second kappa shape index (κ2) is 10.5. The molecule has 0 aliphatic heterocycles. The van der Waals surface area contributed by atoms with Gasteiger partial charge in [-0.15, -0.1) is 22.0 Å². The Bertz CT molecular complexity index is 658. The van der Waals surface area contributed by atoms with E-state index in [0.29, 0.717) is 18.2 Å². The number of nitrogens with one attached hydrogen (secondary N) is 1. The van der Waals surface area contributed by atoms with Crippen molar-refractivity contribution < 1.29 is 4.79 Å². The van der Waals surface area contributed by atoms with Gasteiger partial charge in [-0.2, -0.15) is 0 Å². The van der Waals surface area contributed by atoms with Gasteiger partial charge in [-0.1, -0.05) is 43.8 Å². The maximum atomic E-state index is 11.9. The van der Waals surface area contributed by atoms with Crippen LogP contribution in [0, 0.1) is 5.92 Å². The second-order valence-corrected chi connectivity index (χ2v) is 7.98.